The molecule has 7 nitrogen and oxygen atoms in total. The molecule has 154 valence electrons. The van der Waals surface area contributed by atoms with Gasteiger partial charge in [-0.2, -0.15) is 10.2 Å². The summed E-state index contributed by atoms with van der Waals surface area (Å²) in [6.45, 7) is 9.89. The minimum atomic E-state index is -0.140. The Hall–Kier alpha value is -3.48. The molecule has 4 rings (SSSR count). The normalized spacial score (nSPS) is 11.2. The van der Waals surface area contributed by atoms with Gasteiger partial charge in [0, 0.05) is 24.8 Å². The number of aromatic nitrogens is 5. The lowest BCUT2D eigenvalue weighted by atomic mass is 10.0. The van der Waals surface area contributed by atoms with Crippen molar-refractivity contribution >= 4 is 16.9 Å². The van der Waals surface area contributed by atoms with Gasteiger partial charge in [0.05, 0.1) is 34.6 Å². The Morgan fingerprint density at radius 2 is 1.77 bits per heavy atom. The fourth-order valence-electron chi connectivity index (χ4n) is 3.69. The van der Waals surface area contributed by atoms with Gasteiger partial charge in [0.1, 0.15) is 0 Å². The molecule has 0 saturated heterocycles. The molecule has 3 heterocycles. The second-order valence-electron chi connectivity index (χ2n) is 7.34. The molecule has 0 saturated carbocycles. The number of carbonyl (C=O) groups excluding carboxylic acids is 1. The summed E-state index contributed by atoms with van der Waals surface area (Å²) in [5.41, 5.74) is 6.02. The molecule has 7 heteroatoms. The second-order valence-corrected chi connectivity index (χ2v) is 7.34. The molecule has 0 bridgehead atoms. The third kappa shape index (κ3) is 3.58. The number of hydrogen-bond donors (Lipinski definition) is 1. The minimum Gasteiger partial charge on any atom is -0.346 e. The van der Waals surface area contributed by atoms with Crippen LogP contribution in [0.25, 0.3) is 22.3 Å². The highest BCUT2D eigenvalue weighted by molar-refractivity contribution is 6.07. The number of fused-ring (bicyclic) bond motifs is 1. The third-order valence-corrected chi connectivity index (χ3v) is 5.30. The maximum atomic E-state index is 13.2. The Kier molecular flexibility index (Phi) is 5.35. The smallest absolute Gasteiger partial charge is 0.252 e. The standard InChI is InChI=1S/C23H26N6O/c1-5-28-18(11-12-25-28)14-24-23(30)19-13-20(17-9-7-15(3)8-10-17)26-22-21(19)16(4)27-29(22)6-2/h7-13H,5-6,14H2,1-4H3,(H,24,30). The summed E-state index contributed by atoms with van der Waals surface area (Å²) < 4.78 is 3.73. The molecule has 3 aromatic heterocycles. The van der Waals surface area contributed by atoms with Crippen molar-refractivity contribution in [2.45, 2.75) is 47.3 Å². The molecule has 0 atom stereocenters. The SMILES string of the molecule is CCn1nccc1CNC(=O)c1cc(-c2ccc(C)cc2)nc2c1c(C)nn2CC. The molecule has 0 unspecified atom stereocenters. The van der Waals surface area contributed by atoms with Crippen LogP contribution in [0.1, 0.15) is 41.2 Å². The topological polar surface area (TPSA) is 77.6 Å². The van der Waals surface area contributed by atoms with E-state index in [1.165, 1.54) is 5.56 Å². The average molecular weight is 403 g/mol. The number of amides is 1. The van der Waals surface area contributed by atoms with Crippen LogP contribution < -0.4 is 5.32 Å². The highest BCUT2D eigenvalue weighted by Crippen LogP contribution is 2.27. The van der Waals surface area contributed by atoms with Crippen LogP contribution in [-0.4, -0.2) is 30.5 Å². The van der Waals surface area contributed by atoms with Crippen molar-refractivity contribution < 1.29 is 4.79 Å². The Morgan fingerprint density at radius 1 is 1.03 bits per heavy atom. The molecule has 0 aliphatic carbocycles. The van der Waals surface area contributed by atoms with Crippen LogP contribution in [0.5, 0.6) is 0 Å². The number of aryl methyl sites for hydroxylation is 4. The Morgan fingerprint density at radius 3 is 2.47 bits per heavy atom. The number of carbonyl (C=O) groups is 1. The summed E-state index contributed by atoms with van der Waals surface area (Å²) in [6.07, 6.45) is 1.75. The van der Waals surface area contributed by atoms with E-state index < -0.39 is 0 Å². The average Bonchev–Trinajstić information content (AvgIpc) is 3.35. The van der Waals surface area contributed by atoms with Crippen molar-refractivity contribution in [1.82, 2.24) is 29.9 Å². The van der Waals surface area contributed by atoms with E-state index >= 15 is 0 Å². The quantitative estimate of drug-likeness (QED) is 0.531. The van der Waals surface area contributed by atoms with Gasteiger partial charge in [0.2, 0.25) is 0 Å². The lowest BCUT2D eigenvalue weighted by Gasteiger charge is -2.11. The van der Waals surface area contributed by atoms with Gasteiger partial charge in [-0.15, -0.1) is 0 Å². The van der Waals surface area contributed by atoms with Crippen LogP contribution >= 0.6 is 0 Å². The van der Waals surface area contributed by atoms with Gasteiger partial charge in [-0.05, 0) is 39.8 Å². The molecule has 1 aromatic carbocycles. The van der Waals surface area contributed by atoms with E-state index in [0.717, 1.165) is 40.2 Å². The van der Waals surface area contributed by atoms with Crippen molar-refractivity contribution in [3.63, 3.8) is 0 Å². The van der Waals surface area contributed by atoms with Gasteiger partial charge in [-0.3, -0.25) is 9.48 Å². The zero-order valence-electron chi connectivity index (χ0n) is 17.8. The zero-order valence-corrected chi connectivity index (χ0v) is 17.8. The first-order valence-corrected chi connectivity index (χ1v) is 10.3. The summed E-state index contributed by atoms with van der Waals surface area (Å²) in [7, 11) is 0. The van der Waals surface area contributed by atoms with E-state index in [4.69, 9.17) is 4.98 Å². The third-order valence-electron chi connectivity index (χ3n) is 5.30. The first-order chi connectivity index (χ1) is 14.5. The van der Waals surface area contributed by atoms with Crippen molar-refractivity contribution in [2.75, 3.05) is 0 Å². The zero-order chi connectivity index (χ0) is 21.3. The minimum absolute atomic E-state index is 0.140. The van der Waals surface area contributed by atoms with Crippen molar-refractivity contribution in [3.05, 3.63) is 65.1 Å². The number of rotatable bonds is 6. The van der Waals surface area contributed by atoms with Crippen LogP contribution in [0.3, 0.4) is 0 Å². The maximum Gasteiger partial charge on any atom is 0.252 e. The van der Waals surface area contributed by atoms with Crippen LogP contribution in [0, 0.1) is 13.8 Å². The maximum absolute atomic E-state index is 13.2. The number of nitrogens with zero attached hydrogens (tertiary/aromatic N) is 5. The molecule has 1 amide bonds. The van der Waals surface area contributed by atoms with Gasteiger partial charge < -0.3 is 5.32 Å². The second kappa shape index (κ2) is 8.10. The Bertz CT molecular complexity index is 1200. The molecule has 0 radical (unpaired) electrons. The number of nitrogens with one attached hydrogen (secondary N) is 1. The molecule has 4 aromatic rings. The molecule has 0 spiro atoms. The predicted octanol–water partition coefficient (Wildman–Crippen LogP) is 3.88. The van der Waals surface area contributed by atoms with Crippen molar-refractivity contribution in [2.24, 2.45) is 0 Å². The molecular weight excluding hydrogens is 376 g/mol. The van der Waals surface area contributed by atoms with Gasteiger partial charge in [-0.1, -0.05) is 29.8 Å². The van der Waals surface area contributed by atoms with Crippen LogP contribution in [0.15, 0.2) is 42.6 Å². The number of benzene rings is 1. The van der Waals surface area contributed by atoms with E-state index in [1.807, 2.05) is 54.4 Å². The largest absolute Gasteiger partial charge is 0.346 e. The first-order valence-electron chi connectivity index (χ1n) is 10.3. The molecule has 1 N–H and O–H groups in total. The summed E-state index contributed by atoms with van der Waals surface area (Å²) in [5, 5.41) is 12.7. The van der Waals surface area contributed by atoms with Crippen molar-refractivity contribution in [3.8, 4) is 11.3 Å². The van der Waals surface area contributed by atoms with Crippen LogP contribution in [-0.2, 0) is 19.6 Å². The Balaban J connectivity index is 1.77. The summed E-state index contributed by atoms with van der Waals surface area (Å²) in [5.74, 6) is -0.140. The van der Waals surface area contributed by atoms with Crippen LogP contribution in [0.4, 0.5) is 0 Å². The molecule has 30 heavy (non-hydrogen) atoms. The Labute approximate surface area is 175 Å². The monoisotopic (exact) mass is 402 g/mol. The predicted molar refractivity (Wildman–Crippen MR) is 117 cm³/mol. The fraction of sp³-hybridized carbons (Fsp3) is 0.304. The molecule has 0 aliphatic rings. The van der Waals surface area contributed by atoms with E-state index in [9.17, 15) is 4.79 Å². The fourth-order valence-corrected chi connectivity index (χ4v) is 3.69. The number of hydrogen-bond acceptors (Lipinski definition) is 4. The van der Waals surface area contributed by atoms with Crippen LogP contribution in [0.2, 0.25) is 0 Å². The van der Waals surface area contributed by atoms with Gasteiger partial charge in [0.15, 0.2) is 5.65 Å². The van der Waals surface area contributed by atoms with Gasteiger partial charge in [-0.25, -0.2) is 9.67 Å². The molecule has 0 fully saturated rings. The summed E-state index contributed by atoms with van der Waals surface area (Å²) >= 11 is 0. The molecular formula is C23H26N6O. The lowest BCUT2D eigenvalue weighted by molar-refractivity contribution is 0.0951. The van der Waals surface area contributed by atoms with Gasteiger partial charge >= 0.3 is 0 Å². The number of pyridine rings is 1. The van der Waals surface area contributed by atoms with Gasteiger partial charge in [0.25, 0.3) is 5.91 Å². The van der Waals surface area contributed by atoms with E-state index in [1.54, 1.807) is 6.20 Å². The molecule has 0 aliphatic heterocycles. The lowest BCUT2D eigenvalue weighted by Crippen LogP contribution is -2.25. The van der Waals surface area contributed by atoms with E-state index in [0.29, 0.717) is 18.7 Å². The summed E-state index contributed by atoms with van der Waals surface area (Å²) in [4.78, 5) is 18.1. The summed E-state index contributed by atoms with van der Waals surface area (Å²) in [6, 6.07) is 12.0. The van der Waals surface area contributed by atoms with Crippen molar-refractivity contribution in [1.29, 1.82) is 0 Å². The highest BCUT2D eigenvalue weighted by Gasteiger charge is 2.20. The van der Waals surface area contributed by atoms with E-state index in [2.05, 4.69) is 34.6 Å². The first kappa shape index (κ1) is 19.8. The van der Waals surface area contributed by atoms with E-state index in [-0.39, 0.29) is 5.91 Å². The highest BCUT2D eigenvalue weighted by atomic mass is 16.1.